The van der Waals surface area contributed by atoms with Crippen molar-refractivity contribution in [2.45, 2.75) is 5.75 Å². The largest absolute Gasteiger partial charge is 0.255 e. The number of aliphatic imine (C=N–C) groups is 2. The molecule has 0 atom stereocenters. The summed E-state index contributed by atoms with van der Waals surface area (Å²) < 4.78 is 13.2. The number of halogens is 1. The number of thioether (sulfide) groups is 1. The minimum atomic E-state index is -0.164. The Kier molecular flexibility index (Phi) is 2.93. The van der Waals surface area contributed by atoms with Crippen LogP contribution in [0.1, 0.15) is 5.56 Å². The van der Waals surface area contributed by atoms with Crippen LogP contribution < -0.4 is 0 Å². The lowest BCUT2D eigenvalue weighted by Gasteiger charge is -2.00. The lowest BCUT2D eigenvalue weighted by Crippen LogP contribution is -1.89. The van der Waals surface area contributed by atoms with Gasteiger partial charge < -0.3 is 0 Å². The van der Waals surface area contributed by atoms with Crippen LogP contribution in [0.5, 0.6) is 0 Å². The van der Waals surface area contributed by atoms with Crippen molar-refractivity contribution in [1.82, 2.24) is 0 Å². The van der Waals surface area contributed by atoms with Gasteiger partial charge in [-0.25, -0.2) is 9.38 Å². The van der Waals surface area contributed by atoms with Crippen molar-refractivity contribution in [1.29, 1.82) is 0 Å². The van der Waals surface area contributed by atoms with Crippen molar-refractivity contribution >= 4 is 23.1 Å². The molecule has 1 aromatic rings. The molecular weight excluding hydrogens is 199 g/mol. The van der Waals surface area contributed by atoms with Gasteiger partial charge in [0.15, 0.2) is 5.17 Å². The quantitative estimate of drug-likeness (QED) is 0.732. The molecule has 0 unspecified atom stereocenters. The molecule has 0 saturated heterocycles. The normalized spacial score (nSPS) is 14.5. The van der Waals surface area contributed by atoms with E-state index in [1.807, 2.05) is 6.07 Å². The van der Waals surface area contributed by atoms with Crippen LogP contribution in [0.3, 0.4) is 0 Å². The number of rotatable bonds is 2. The molecule has 1 aliphatic heterocycles. The zero-order valence-electron chi connectivity index (χ0n) is 7.48. The van der Waals surface area contributed by atoms with E-state index in [0.717, 1.165) is 5.17 Å². The van der Waals surface area contributed by atoms with Crippen LogP contribution in [0.2, 0.25) is 0 Å². The Morgan fingerprint density at radius 1 is 1.36 bits per heavy atom. The van der Waals surface area contributed by atoms with Crippen molar-refractivity contribution in [2.24, 2.45) is 9.98 Å². The topological polar surface area (TPSA) is 24.7 Å². The minimum Gasteiger partial charge on any atom is -0.255 e. The van der Waals surface area contributed by atoms with Gasteiger partial charge in [0.05, 0.1) is 6.54 Å². The minimum absolute atomic E-state index is 0.164. The lowest BCUT2D eigenvalue weighted by atomic mass is 10.2. The van der Waals surface area contributed by atoms with E-state index in [9.17, 15) is 4.39 Å². The highest BCUT2D eigenvalue weighted by Crippen LogP contribution is 2.18. The summed E-state index contributed by atoms with van der Waals surface area (Å²) in [6.07, 6.45) is 1.75. The van der Waals surface area contributed by atoms with Gasteiger partial charge in [-0.1, -0.05) is 30.0 Å². The van der Waals surface area contributed by atoms with Crippen molar-refractivity contribution in [3.8, 4) is 0 Å². The number of hydrogen-bond acceptors (Lipinski definition) is 3. The summed E-state index contributed by atoms with van der Waals surface area (Å²) in [4.78, 5) is 8.16. The molecule has 0 N–H and O–H groups in total. The highest BCUT2D eigenvalue weighted by molar-refractivity contribution is 8.13. The van der Waals surface area contributed by atoms with E-state index in [0.29, 0.717) is 17.9 Å². The molecule has 1 heterocycles. The molecule has 14 heavy (non-hydrogen) atoms. The van der Waals surface area contributed by atoms with E-state index in [4.69, 9.17) is 0 Å². The van der Waals surface area contributed by atoms with Gasteiger partial charge in [-0.3, -0.25) is 4.99 Å². The van der Waals surface area contributed by atoms with Crippen LogP contribution in [-0.4, -0.2) is 17.9 Å². The molecule has 2 nitrogen and oxygen atoms in total. The fraction of sp³-hybridized carbons (Fsp3) is 0.200. The third kappa shape index (κ3) is 2.20. The van der Waals surface area contributed by atoms with Crippen LogP contribution in [-0.2, 0) is 5.75 Å². The summed E-state index contributed by atoms with van der Waals surface area (Å²) in [5, 5.41) is 0.744. The fourth-order valence-electron chi connectivity index (χ4n) is 1.12. The third-order valence-electron chi connectivity index (χ3n) is 1.82. The second-order valence-corrected chi connectivity index (χ2v) is 3.76. The van der Waals surface area contributed by atoms with Crippen molar-refractivity contribution < 1.29 is 4.39 Å². The Labute approximate surface area is 86.0 Å². The molecule has 0 saturated carbocycles. The smallest absolute Gasteiger partial charge is 0.183 e. The van der Waals surface area contributed by atoms with Crippen LogP contribution >= 0.6 is 11.8 Å². The maximum atomic E-state index is 13.2. The van der Waals surface area contributed by atoms with Crippen LogP contribution in [0.4, 0.5) is 4.39 Å². The maximum Gasteiger partial charge on any atom is 0.183 e. The van der Waals surface area contributed by atoms with E-state index in [-0.39, 0.29) is 5.82 Å². The molecule has 0 amide bonds. The summed E-state index contributed by atoms with van der Waals surface area (Å²) in [6.45, 7) is 0.652. The van der Waals surface area contributed by atoms with Gasteiger partial charge in [-0.15, -0.1) is 0 Å². The number of benzene rings is 1. The number of hydrogen-bond donors (Lipinski definition) is 0. The number of amidine groups is 1. The molecule has 0 fully saturated rings. The monoisotopic (exact) mass is 208 g/mol. The van der Waals surface area contributed by atoms with Gasteiger partial charge in [-0.2, -0.15) is 0 Å². The van der Waals surface area contributed by atoms with E-state index >= 15 is 0 Å². The van der Waals surface area contributed by atoms with Crippen LogP contribution in [0.15, 0.2) is 34.3 Å². The van der Waals surface area contributed by atoms with Gasteiger partial charge in [0, 0.05) is 12.0 Å². The molecular formula is C10H9FN2S. The molecule has 0 radical (unpaired) electrons. The average molecular weight is 208 g/mol. The van der Waals surface area contributed by atoms with Gasteiger partial charge in [-0.05, 0) is 11.6 Å². The number of nitrogens with zero attached hydrogens (tertiary/aromatic N) is 2. The average Bonchev–Trinajstić information content (AvgIpc) is 2.69. The standard InChI is InChI=1S/C10H9FN2S/c11-9-4-2-1-3-8(9)7-14-10-12-5-6-13-10/h1-5H,6-7H2. The van der Waals surface area contributed by atoms with Crippen molar-refractivity contribution in [3.05, 3.63) is 35.6 Å². The summed E-state index contributed by atoms with van der Waals surface area (Å²) in [6, 6.07) is 6.77. The second kappa shape index (κ2) is 4.37. The van der Waals surface area contributed by atoms with E-state index < -0.39 is 0 Å². The summed E-state index contributed by atoms with van der Waals surface area (Å²) in [7, 11) is 0. The molecule has 0 aromatic heterocycles. The molecule has 72 valence electrons. The van der Waals surface area contributed by atoms with Gasteiger partial charge >= 0.3 is 0 Å². The molecule has 1 aliphatic rings. The zero-order valence-corrected chi connectivity index (χ0v) is 8.30. The fourth-order valence-corrected chi connectivity index (χ4v) is 1.95. The first-order valence-electron chi connectivity index (χ1n) is 4.29. The summed E-state index contributed by atoms with van der Waals surface area (Å²) >= 11 is 1.46. The van der Waals surface area contributed by atoms with E-state index in [1.54, 1.807) is 18.3 Å². The highest BCUT2D eigenvalue weighted by atomic mass is 32.2. The highest BCUT2D eigenvalue weighted by Gasteiger charge is 2.05. The Balaban J connectivity index is 1.98. The zero-order chi connectivity index (χ0) is 9.80. The van der Waals surface area contributed by atoms with E-state index in [2.05, 4.69) is 9.98 Å². The van der Waals surface area contributed by atoms with E-state index in [1.165, 1.54) is 17.8 Å². The Hall–Kier alpha value is -1.16. The Morgan fingerprint density at radius 3 is 2.93 bits per heavy atom. The lowest BCUT2D eigenvalue weighted by molar-refractivity contribution is 0.617. The van der Waals surface area contributed by atoms with Gasteiger partial charge in [0.1, 0.15) is 5.82 Å². The molecule has 0 aliphatic carbocycles. The molecule has 2 rings (SSSR count). The van der Waals surface area contributed by atoms with Crippen LogP contribution in [0, 0.1) is 5.82 Å². The predicted octanol–water partition coefficient (Wildman–Crippen LogP) is 2.50. The Morgan fingerprint density at radius 2 is 2.21 bits per heavy atom. The van der Waals surface area contributed by atoms with Gasteiger partial charge in [0.25, 0.3) is 0 Å². The molecule has 0 bridgehead atoms. The first kappa shape index (κ1) is 9.40. The van der Waals surface area contributed by atoms with Crippen LogP contribution in [0.25, 0.3) is 0 Å². The van der Waals surface area contributed by atoms with Gasteiger partial charge in [0.2, 0.25) is 0 Å². The third-order valence-corrected chi connectivity index (χ3v) is 2.77. The van der Waals surface area contributed by atoms with Crippen molar-refractivity contribution in [3.63, 3.8) is 0 Å². The summed E-state index contributed by atoms with van der Waals surface area (Å²) in [5.74, 6) is 0.422. The molecule has 1 aromatic carbocycles. The SMILES string of the molecule is Fc1ccccc1CSC1=NCC=N1. The summed E-state index contributed by atoms with van der Waals surface area (Å²) in [5.41, 5.74) is 0.697. The first-order valence-corrected chi connectivity index (χ1v) is 5.28. The predicted molar refractivity (Wildman–Crippen MR) is 58.5 cm³/mol. The molecule has 4 heteroatoms. The first-order chi connectivity index (χ1) is 6.86. The van der Waals surface area contributed by atoms with Crippen molar-refractivity contribution in [2.75, 3.05) is 6.54 Å². The second-order valence-electron chi connectivity index (χ2n) is 2.82. The maximum absolute atomic E-state index is 13.2. The molecule has 0 spiro atoms. The Bertz CT molecular complexity index is 387.